The number of carbonyl (C=O) groups is 3. The highest BCUT2D eigenvalue weighted by Crippen LogP contribution is 2.35. The van der Waals surface area contributed by atoms with Crippen LogP contribution in [0.15, 0.2) is 36.4 Å². The van der Waals surface area contributed by atoms with Gasteiger partial charge in [0.05, 0.1) is 22.4 Å². The SMILES string of the molecule is CC(C)c1cccc(C(C)C)c1N(O)C(=O)c1cccc2c1C(=O)NC2=O. The number of carbonyl (C=O) groups excluding carboxylic acids is 3. The van der Waals surface area contributed by atoms with Crippen LogP contribution in [0.1, 0.15) is 81.7 Å². The zero-order valence-corrected chi connectivity index (χ0v) is 15.7. The number of nitrogens with zero attached hydrogens (tertiary/aromatic N) is 1. The zero-order chi connectivity index (χ0) is 19.9. The molecule has 0 bridgehead atoms. The number of amides is 3. The van der Waals surface area contributed by atoms with Gasteiger partial charge < -0.3 is 0 Å². The molecule has 0 atom stereocenters. The molecular weight excluding hydrogens is 344 g/mol. The van der Waals surface area contributed by atoms with E-state index in [1.165, 1.54) is 18.2 Å². The van der Waals surface area contributed by atoms with Crippen LogP contribution in [-0.2, 0) is 0 Å². The molecule has 0 spiro atoms. The lowest BCUT2D eigenvalue weighted by Crippen LogP contribution is -2.31. The molecule has 0 aromatic heterocycles. The first kappa shape index (κ1) is 18.8. The van der Waals surface area contributed by atoms with Gasteiger partial charge in [0.25, 0.3) is 17.7 Å². The maximum atomic E-state index is 13.1. The van der Waals surface area contributed by atoms with Gasteiger partial charge in [-0.05, 0) is 35.1 Å². The lowest BCUT2D eigenvalue weighted by Gasteiger charge is -2.25. The Hall–Kier alpha value is -2.99. The number of rotatable bonds is 4. The first-order valence-electron chi connectivity index (χ1n) is 8.88. The third kappa shape index (κ3) is 3.13. The molecule has 1 aliphatic heterocycles. The van der Waals surface area contributed by atoms with Gasteiger partial charge >= 0.3 is 0 Å². The van der Waals surface area contributed by atoms with Crippen LogP contribution >= 0.6 is 0 Å². The molecule has 27 heavy (non-hydrogen) atoms. The standard InChI is InChI=1S/C21H22N2O4/c1-11(2)13-7-5-8-14(12(3)4)18(13)23(27)21(26)16-10-6-9-15-17(16)20(25)22-19(15)24/h5-12,27H,1-4H3,(H,22,24,25). The Balaban J connectivity index is 2.14. The van der Waals surface area contributed by atoms with Crippen molar-refractivity contribution in [2.45, 2.75) is 39.5 Å². The number of hydroxylamine groups is 1. The van der Waals surface area contributed by atoms with Crippen LogP contribution in [0, 0.1) is 0 Å². The van der Waals surface area contributed by atoms with Crippen molar-refractivity contribution in [1.29, 1.82) is 0 Å². The summed E-state index contributed by atoms with van der Waals surface area (Å²) in [4.78, 5) is 37.1. The Kier molecular flexibility index (Phi) is 4.85. The molecule has 140 valence electrons. The van der Waals surface area contributed by atoms with Crippen molar-refractivity contribution in [2.75, 3.05) is 5.06 Å². The summed E-state index contributed by atoms with van der Waals surface area (Å²) in [5, 5.41) is 13.6. The van der Waals surface area contributed by atoms with Gasteiger partial charge in [0.2, 0.25) is 0 Å². The van der Waals surface area contributed by atoms with E-state index in [-0.39, 0.29) is 28.5 Å². The number of nitrogens with one attached hydrogen (secondary N) is 1. The second-order valence-electron chi connectivity index (χ2n) is 7.22. The molecule has 1 heterocycles. The van der Waals surface area contributed by atoms with Crippen LogP contribution < -0.4 is 10.4 Å². The van der Waals surface area contributed by atoms with Gasteiger partial charge in [0.1, 0.15) is 0 Å². The molecule has 2 aromatic carbocycles. The second kappa shape index (κ2) is 6.96. The maximum absolute atomic E-state index is 13.1. The van der Waals surface area contributed by atoms with Gasteiger partial charge in [-0.3, -0.25) is 24.9 Å². The van der Waals surface area contributed by atoms with Gasteiger partial charge in [-0.15, -0.1) is 0 Å². The summed E-state index contributed by atoms with van der Waals surface area (Å²) >= 11 is 0. The van der Waals surface area contributed by atoms with Crippen LogP contribution in [-0.4, -0.2) is 22.9 Å². The van der Waals surface area contributed by atoms with Gasteiger partial charge in [0, 0.05) is 0 Å². The summed E-state index contributed by atoms with van der Waals surface area (Å²) in [6, 6.07) is 10.1. The molecular formula is C21H22N2O4. The fourth-order valence-corrected chi connectivity index (χ4v) is 3.37. The minimum atomic E-state index is -0.744. The smallest absolute Gasteiger partial charge is 0.282 e. The Bertz CT molecular complexity index is 921. The molecule has 0 radical (unpaired) electrons. The summed E-state index contributed by atoms with van der Waals surface area (Å²) in [5.41, 5.74) is 2.21. The van der Waals surface area contributed by atoms with Gasteiger partial charge in [-0.2, -0.15) is 5.06 Å². The van der Waals surface area contributed by atoms with E-state index in [1.807, 2.05) is 45.9 Å². The van der Waals surface area contributed by atoms with Crippen LogP contribution in [0.25, 0.3) is 0 Å². The molecule has 1 aliphatic rings. The number of hydrogen-bond acceptors (Lipinski definition) is 4. The molecule has 0 aliphatic carbocycles. The van der Waals surface area contributed by atoms with Gasteiger partial charge in [-0.25, -0.2) is 0 Å². The van der Waals surface area contributed by atoms with Gasteiger partial charge in [-0.1, -0.05) is 52.0 Å². The Labute approximate surface area is 157 Å². The van der Waals surface area contributed by atoms with Crippen LogP contribution in [0.2, 0.25) is 0 Å². The minimum Gasteiger partial charge on any atom is -0.288 e. The quantitative estimate of drug-likeness (QED) is 0.489. The van der Waals surface area contributed by atoms with Crippen molar-refractivity contribution in [3.8, 4) is 0 Å². The van der Waals surface area contributed by atoms with Crippen LogP contribution in [0.5, 0.6) is 0 Å². The summed E-state index contributed by atoms with van der Waals surface area (Å²) in [5.74, 6) is -1.76. The second-order valence-corrected chi connectivity index (χ2v) is 7.22. The van der Waals surface area contributed by atoms with E-state index in [0.29, 0.717) is 10.8 Å². The van der Waals surface area contributed by atoms with Crippen molar-refractivity contribution in [2.24, 2.45) is 0 Å². The summed E-state index contributed by atoms with van der Waals surface area (Å²) in [6.45, 7) is 7.92. The predicted octanol–water partition coefficient (Wildman–Crippen LogP) is 3.85. The van der Waals surface area contributed by atoms with E-state index in [0.717, 1.165) is 11.1 Å². The molecule has 6 heteroatoms. The van der Waals surface area contributed by atoms with Gasteiger partial charge in [0.15, 0.2) is 0 Å². The lowest BCUT2D eigenvalue weighted by molar-refractivity contribution is 0.0838. The average molecular weight is 366 g/mol. The van der Waals surface area contributed by atoms with E-state index in [2.05, 4.69) is 5.32 Å². The summed E-state index contributed by atoms with van der Waals surface area (Å²) in [7, 11) is 0. The fraction of sp³-hybridized carbons (Fsp3) is 0.286. The topological polar surface area (TPSA) is 86.7 Å². The number of imide groups is 1. The number of para-hydroxylation sites is 1. The molecule has 0 saturated heterocycles. The normalized spacial score (nSPS) is 13.1. The predicted molar refractivity (Wildman–Crippen MR) is 101 cm³/mol. The summed E-state index contributed by atoms with van der Waals surface area (Å²) < 4.78 is 0. The molecule has 0 unspecified atom stereocenters. The first-order chi connectivity index (χ1) is 12.7. The molecule has 2 N–H and O–H groups in total. The van der Waals surface area contributed by atoms with E-state index in [9.17, 15) is 19.6 Å². The third-order valence-corrected chi connectivity index (χ3v) is 4.74. The van der Waals surface area contributed by atoms with Crippen molar-refractivity contribution in [3.63, 3.8) is 0 Å². The minimum absolute atomic E-state index is 0.000301. The van der Waals surface area contributed by atoms with Crippen molar-refractivity contribution >= 4 is 23.4 Å². The fourth-order valence-electron chi connectivity index (χ4n) is 3.37. The highest BCUT2D eigenvalue weighted by Gasteiger charge is 2.34. The Morgan fingerprint density at radius 2 is 1.48 bits per heavy atom. The summed E-state index contributed by atoms with van der Waals surface area (Å²) in [6.07, 6.45) is 0. The van der Waals surface area contributed by atoms with Crippen molar-refractivity contribution in [3.05, 3.63) is 64.2 Å². The molecule has 0 saturated carbocycles. The highest BCUT2D eigenvalue weighted by atomic mass is 16.5. The molecule has 3 rings (SSSR count). The number of anilines is 1. The number of hydrogen-bond donors (Lipinski definition) is 2. The largest absolute Gasteiger partial charge is 0.288 e. The Morgan fingerprint density at radius 3 is 2.04 bits per heavy atom. The van der Waals surface area contributed by atoms with Crippen molar-refractivity contribution in [1.82, 2.24) is 5.32 Å². The first-order valence-corrected chi connectivity index (χ1v) is 8.88. The number of benzene rings is 2. The molecule has 0 fully saturated rings. The van der Waals surface area contributed by atoms with E-state index in [4.69, 9.17) is 0 Å². The van der Waals surface area contributed by atoms with Crippen LogP contribution in [0.4, 0.5) is 5.69 Å². The maximum Gasteiger partial charge on any atom is 0.282 e. The van der Waals surface area contributed by atoms with E-state index < -0.39 is 17.7 Å². The molecule has 6 nitrogen and oxygen atoms in total. The van der Waals surface area contributed by atoms with E-state index >= 15 is 0 Å². The average Bonchev–Trinajstić information content (AvgIpc) is 2.94. The van der Waals surface area contributed by atoms with Crippen LogP contribution in [0.3, 0.4) is 0 Å². The number of fused-ring (bicyclic) bond motifs is 1. The molecule has 3 amide bonds. The zero-order valence-electron chi connectivity index (χ0n) is 15.7. The monoisotopic (exact) mass is 366 g/mol. The third-order valence-electron chi connectivity index (χ3n) is 4.74. The van der Waals surface area contributed by atoms with E-state index in [1.54, 1.807) is 0 Å². The Morgan fingerprint density at radius 1 is 0.926 bits per heavy atom. The van der Waals surface area contributed by atoms with Crippen molar-refractivity contribution < 1.29 is 19.6 Å². The highest BCUT2D eigenvalue weighted by molar-refractivity contribution is 6.26. The lowest BCUT2D eigenvalue weighted by atomic mass is 9.92. The molecule has 2 aromatic rings.